The Morgan fingerprint density at radius 3 is 2.92 bits per heavy atom. The van der Waals surface area contributed by atoms with Gasteiger partial charge in [-0.1, -0.05) is 12.1 Å². The van der Waals surface area contributed by atoms with Crippen LogP contribution in [0.1, 0.15) is 31.7 Å². The Labute approximate surface area is 144 Å². The highest BCUT2D eigenvalue weighted by Gasteiger charge is 2.31. The van der Waals surface area contributed by atoms with Crippen LogP contribution in [0.3, 0.4) is 0 Å². The first-order chi connectivity index (χ1) is 11.4. The molecule has 1 N–H and O–H groups in total. The molecule has 0 saturated carbocycles. The number of ether oxygens (including phenoxy) is 1. The van der Waals surface area contributed by atoms with Gasteiger partial charge in [0, 0.05) is 25.5 Å². The number of ketones is 1. The largest absolute Gasteiger partial charge is 0.482 e. The number of benzene rings is 1. The van der Waals surface area contributed by atoms with E-state index in [0.717, 1.165) is 23.4 Å². The highest BCUT2D eigenvalue weighted by molar-refractivity contribution is 7.18. The number of aryl methyl sites for hydroxylation is 1. The van der Waals surface area contributed by atoms with Crippen LogP contribution >= 0.6 is 11.3 Å². The highest BCUT2D eigenvalue weighted by atomic mass is 32.1. The molecule has 1 aliphatic rings. The highest BCUT2D eigenvalue weighted by Crippen LogP contribution is 2.25. The van der Waals surface area contributed by atoms with E-state index in [-0.39, 0.29) is 17.4 Å². The van der Waals surface area contributed by atoms with Gasteiger partial charge in [-0.05, 0) is 32.4 Å². The van der Waals surface area contributed by atoms with Crippen molar-refractivity contribution in [1.29, 1.82) is 0 Å². The van der Waals surface area contributed by atoms with Crippen LogP contribution in [0.4, 0.5) is 0 Å². The summed E-state index contributed by atoms with van der Waals surface area (Å²) in [6.45, 7) is 4.13. The molecular formula is C18H20N2O3S. The lowest BCUT2D eigenvalue weighted by atomic mass is 9.98. The number of thiazole rings is 1. The fraction of sp³-hybridized carbons (Fsp3) is 0.389. The molecule has 0 bridgehead atoms. The summed E-state index contributed by atoms with van der Waals surface area (Å²) in [6.07, 6.45) is 3.18. The maximum Gasteiger partial charge on any atom is 0.286 e. The lowest BCUT2D eigenvalue weighted by Crippen LogP contribution is -2.37. The molecule has 0 spiro atoms. The number of rotatable bonds is 5. The summed E-state index contributed by atoms with van der Waals surface area (Å²) in [5, 5.41) is 3.87. The predicted octanol–water partition coefficient (Wildman–Crippen LogP) is 3.00. The van der Waals surface area contributed by atoms with Gasteiger partial charge < -0.3 is 10.1 Å². The number of nitrogens with one attached hydrogen (secondary N) is 1. The Balaban J connectivity index is 1.49. The van der Waals surface area contributed by atoms with Crippen LogP contribution in [-0.4, -0.2) is 28.8 Å². The maximum atomic E-state index is 12.1. The Hall–Kier alpha value is -2.21. The van der Waals surface area contributed by atoms with Gasteiger partial charge in [0.05, 0.1) is 15.2 Å². The molecule has 0 aliphatic carbocycles. The van der Waals surface area contributed by atoms with Gasteiger partial charge >= 0.3 is 0 Å². The lowest BCUT2D eigenvalue weighted by molar-refractivity contribution is -0.130. The molecule has 0 saturated heterocycles. The summed E-state index contributed by atoms with van der Waals surface area (Å²) in [5.74, 6) is -0.303. The van der Waals surface area contributed by atoms with Crippen molar-refractivity contribution in [1.82, 2.24) is 10.3 Å². The Morgan fingerprint density at radius 1 is 1.38 bits per heavy atom. The minimum atomic E-state index is -0.625. The minimum Gasteiger partial charge on any atom is -0.482 e. The predicted molar refractivity (Wildman–Crippen MR) is 93.8 cm³/mol. The number of amides is 1. The van der Waals surface area contributed by atoms with Crippen LogP contribution in [0, 0.1) is 0 Å². The first kappa shape index (κ1) is 16.6. The average molecular weight is 344 g/mol. The summed E-state index contributed by atoms with van der Waals surface area (Å²) in [6, 6.07) is 8.05. The number of para-hydroxylation sites is 1. The van der Waals surface area contributed by atoms with Crippen LogP contribution in [0.2, 0.25) is 0 Å². The van der Waals surface area contributed by atoms with E-state index < -0.39 is 5.60 Å². The van der Waals surface area contributed by atoms with Gasteiger partial charge in [-0.2, -0.15) is 0 Å². The van der Waals surface area contributed by atoms with E-state index in [1.807, 2.05) is 18.2 Å². The van der Waals surface area contributed by atoms with Gasteiger partial charge in [-0.3, -0.25) is 9.59 Å². The Morgan fingerprint density at radius 2 is 2.17 bits per heavy atom. The second-order valence-electron chi connectivity index (χ2n) is 6.45. The van der Waals surface area contributed by atoms with Crippen molar-refractivity contribution < 1.29 is 14.3 Å². The molecule has 1 aromatic carbocycles. The quantitative estimate of drug-likeness (QED) is 0.847. The number of carbonyl (C=O) groups is 2. The van der Waals surface area contributed by atoms with E-state index >= 15 is 0 Å². The number of allylic oxidation sites excluding steroid dienone is 1. The fourth-order valence-electron chi connectivity index (χ4n) is 2.65. The van der Waals surface area contributed by atoms with E-state index in [2.05, 4.69) is 16.4 Å². The van der Waals surface area contributed by atoms with Crippen LogP contribution in [-0.2, 0) is 20.7 Å². The molecule has 0 radical (unpaired) electrons. The third kappa shape index (κ3) is 4.00. The summed E-state index contributed by atoms with van der Waals surface area (Å²) in [4.78, 5) is 28.3. The van der Waals surface area contributed by atoms with Crippen molar-refractivity contribution in [2.45, 2.75) is 38.7 Å². The molecule has 0 atom stereocenters. The summed E-state index contributed by atoms with van der Waals surface area (Å²) in [7, 11) is 0. The summed E-state index contributed by atoms with van der Waals surface area (Å²) < 4.78 is 6.76. The molecule has 0 unspecified atom stereocenters. The van der Waals surface area contributed by atoms with Crippen molar-refractivity contribution >= 4 is 33.2 Å². The smallest absolute Gasteiger partial charge is 0.286 e. The number of carbonyl (C=O) groups excluding carboxylic acids is 2. The number of nitrogens with zero attached hydrogens (tertiary/aromatic N) is 1. The first-order valence-electron chi connectivity index (χ1n) is 7.99. The van der Waals surface area contributed by atoms with Gasteiger partial charge in [-0.15, -0.1) is 11.3 Å². The van der Waals surface area contributed by atoms with E-state index in [0.29, 0.717) is 13.0 Å². The molecule has 6 heteroatoms. The number of aromatic nitrogens is 1. The van der Waals surface area contributed by atoms with Crippen molar-refractivity contribution in [3.63, 3.8) is 0 Å². The van der Waals surface area contributed by atoms with E-state index in [1.165, 1.54) is 10.8 Å². The Bertz CT molecular complexity index is 774. The van der Waals surface area contributed by atoms with Gasteiger partial charge in [0.1, 0.15) is 5.60 Å². The zero-order chi connectivity index (χ0) is 17.2. The topological polar surface area (TPSA) is 68.3 Å². The third-order valence-electron chi connectivity index (χ3n) is 3.69. The molecule has 126 valence electrons. The minimum absolute atomic E-state index is 0.0779. The molecule has 24 heavy (non-hydrogen) atoms. The molecule has 2 heterocycles. The summed E-state index contributed by atoms with van der Waals surface area (Å²) >= 11 is 1.68. The molecule has 1 amide bonds. The van der Waals surface area contributed by atoms with Crippen LogP contribution in [0.5, 0.6) is 0 Å². The lowest BCUT2D eigenvalue weighted by Gasteiger charge is -2.29. The molecule has 1 aromatic heterocycles. The molecule has 1 aliphatic heterocycles. The van der Waals surface area contributed by atoms with Crippen molar-refractivity contribution in [2.75, 3.05) is 6.54 Å². The molecular weight excluding hydrogens is 324 g/mol. The molecule has 0 fully saturated rings. The van der Waals surface area contributed by atoms with Gasteiger partial charge in [-0.25, -0.2) is 4.98 Å². The van der Waals surface area contributed by atoms with E-state index in [4.69, 9.17) is 4.74 Å². The standard InChI is InChI=1S/C18H20N2O3S/c1-18(2)11-12(21)10-14(23-18)17(22)19-9-5-8-16-20-13-6-3-4-7-15(13)24-16/h3-4,6-7,10H,5,8-9,11H2,1-2H3,(H,19,22). The molecule has 2 aromatic rings. The number of fused-ring (bicyclic) bond motifs is 1. The zero-order valence-electron chi connectivity index (χ0n) is 13.8. The van der Waals surface area contributed by atoms with Crippen LogP contribution in [0.15, 0.2) is 36.1 Å². The second kappa shape index (κ2) is 6.73. The summed E-state index contributed by atoms with van der Waals surface area (Å²) in [5.41, 5.74) is 0.391. The van der Waals surface area contributed by atoms with E-state index in [9.17, 15) is 9.59 Å². The Kier molecular flexibility index (Phi) is 4.66. The van der Waals surface area contributed by atoms with Gasteiger partial charge in [0.25, 0.3) is 5.91 Å². The first-order valence-corrected chi connectivity index (χ1v) is 8.81. The van der Waals surface area contributed by atoms with Gasteiger partial charge in [0.15, 0.2) is 11.5 Å². The zero-order valence-corrected chi connectivity index (χ0v) is 14.6. The monoisotopic (exact) mass is 344 g/mol. The van der Waals surface area contributed by atoms with Crippen LogP contribution in [0.25, 0.3) is 10.2 Å². The maximum absolute atomic E-state index is 12.1. The third-order valence-corrected chi connectivity index (χ3v) is 4.79. The average Bonchev–Trinajstić information content (AvgIpc) is 2.92. The van der Waals surface area contributed by atoms with E-state index in [1.54, 1.807) is 25.2 Å². The number of hydrogen-bond acceptors (Lipinski definition) is 5. The fourth-order valence-corrected chi connectivity index (χ4v) is 3.66. The second-order valence-corrected chi connectivity index (χ2v) is 7.56. The van der Waals surface area contributed by atoms with Crippen molar-refractivity contribution in [3.8, 4) is 0 Å². The van der Waals surface area contributed by atoms with Gasteiger partial charge in [0.2, 0.25) is 0 Å². The SMILES string of the molecule is CC1(C)CC(=O)C=C(C(=O)NCCCc2nc3ccccc3s2)O1. The molecule has 5 nitrogen and oxygen atoms in total. The normalized spacial score (nSPS) is 16.6. The van der Waals surface area contributed by atoms with Crippen LogP contribution < -0.4 is 5.32 Å². The van der Waals surface area contributed by atoms with Crippen molar-refractivity contribution in [3.05, 3.63) is 41.1 Å². The molecule has 3 rings (SSSR count). The van der Waals surface area contributed by atoms with Crippen molar-refractivity contribution in [2.24, 2.45) is 0 Å². The number of hydrogen-bond donors (Lipinski definition) is 1.